The maximum absolute atomic E-state index is 10.9. The molecule has 0 radical (unpaired) electrons. The first kappa shape index (κ1) is 9.02. The Kier molecular flexibility index (Phi) is 3.95. The summed E-state index contributed by atoms with van der Waals surface area (Å²) in [6, 6.07) is 0. The Balaban J connectivity index is 3.51. The topological polar surface area (TPSA) is 17.1 Å². The Morgan fingerprint density at radius 2 is 1.67 bits per heavy atom. The van der Waals surface area contributed by atoms with Crippen molar-refractivity contribution in [2.75, 3.05) is 0 Å². The van der Waals surface area contributed by atoms with Gasteiger partial charge in [-0.1, -0.05) is 39.5 Å². The van der Waals surface area contributed by atoms with Crippen molar-refractivity contribution in [3.05, 3.63) is 0 Å². The molecule has 0 saturated carbocycles. The van der Waals surface area contributed by atoms with Crippen LogP contribution in [0.1, 0.15) is 27.7 Å². The standard InChI is InChI=1S/C7H14OS/c1-5(2)7(8)9-6(3)4/h5-6H,1-4H3. The first-order valence-electron chi connectivity index (χ1n) is 3.24. The van der Waals surface area contributed by atoms with Gasteiger partial charge in [0.05, 0.1) is 0 Å². The molecule has 0 aliphatic carbocycles. The third-order valence-corrected chi connectivity index (χ3v) is 2.00. The lowest BCUT2D eigenvalue weighted by molar-refractivity contribution is -0.113. The van der Waals surface area contributed by atoms with Crippen LogP contribution in [0.15, 0.2) is 0 Å². The fourth-order valence-corrected chi connectivity index (χ4v) is 1.11. The molecule has 2 heteroatoms. The summed E-state index contributed by atoms with van der Waals surface area (Å²) in [7, 11) is 0. The van der Waals surface area contributed by atoms with Gasteiger partial charge in [-0.3, -0.25) is 4.79 Å². The van der Waals surface area contributed by atoms with Gasteiger partial charge in [0.1, 0.15) is 0 Å². The van der Waals surface area contributed by atoms with Crippen LogP contribution >= 0.6 is 11.8 Å². The molecule has 0 aliphatic rings. The van der Waals surface area contributed by atoms with Gasteiger partial charge in [-0.2, -0.15) is 0 Å². The molecule has 0 saturated heterocycles. The lowest BCUT2D eigenvalue weighted by atomic mass is 10.3. The van der Waals surface area contributed by atoms with Crippen molar-refractivity contribution in [2.45, 2.75) is 32.9 Å². The predicted molar refractivity (Wildman–Crippen MR) is 42.6 cm³/mol. The smallest absolute Gasteiger partial charge is 0.191 e. The first-order chi connectivity index (χ1) is 4.04. The van der Waals surface area contributed by atoms with Crippen LogP contribution in [0.3, 0.4) is 0 Å². The van der Waals surface area contributed by atoms with E-state index in [4.69, 9.17) is 0 Å². The van der Waals surface area contributed by atoms with E-state index < -0.39 is 0 Å². The maximum Gasteiger partial charge on any atom is 0.191 e. The minimum Gasteiger partial charge on any atom is -0.287 e. The number of rotatable bonds is 2. The third kappa shape index (κ3) is 4.52. The zero-order valence-corrected chi connectivity index (χ0v) is 7.29. The normalized spacial score (nSPS) is 10.9. The summed E-state index contributed by atoms with van der Waals surface area (Å²) in [5.41, 5.74) is 0. The van der Waals surface area contributed by atoms with Gasteiger partial charge in [0.25, 0.3) is 0 Å². The Hall–Kier alpha value is 0.0200. The molecule has 9 heavy (non-hydrogen) atoms. The second-order valence-corrected chi connectivity index (χ2v) is 4.22. The SMILES string of the molecule is CC(C)SC(=O)C(C)C. The molecule has 0 aromatic carbocycles. The van der Waals surface area contributed by atoms with Crippen LogP contribution in [0.5, 0.6) is 0 Å². The van der Waals surface area contributed by atoms with Crippen LogP contribution in [0.2, 0.25) is 0 Å². The molecule has 0 unspecified atom stereocenters. The quantitative estimate of drug-likeness (QED) is 0.594. The number of hydrogen-bond acceptors (Lipinski definition) is 2. The Labute approximate surface area is 61.2 Å². The zero-order valence-electron chi connectivity index (χ0n) is 6.47. The van der Waals surface area contributed by atoms with Crippen LogP contribution in [0.25, 0.3) is 0 Å². The highest BCUT2D eigenvalue weighted by molar-refractivity contribution is 8.14. The van der Waals surface area contributed by atoms with Crippen LogP contribution in [0, 0.1) is 5.92 Å². The Morgan fingerprint density at radius 3 is 1.78 bits per heavy atom. The second kappa shape index (κ2) is 3.94. The van der Waals surface area contributed by atoms with E-state index in [1.54, 1.807) is 0 Å². The van der Waals surface area contributed by atoms with E-state index in [1.807, 2.05) is 27.7 Å². The fraction of sp³-hybridized carbons (Fsp3) is 0.857. The van der Waals surface area contributed by atoms with E-state index in [1.165, 1.54) is 11.8 Å². The summed E-state index contributed by atoms with van der Waals surface area (Å²) < 4.78 is 0. The summed E-state index contributed by atoms with van der Waals surface area (Å²) in [6.45, 7) is 7.92. The fourth-order valence-electron chi connectivity index (χ4n) is 0.368. The van der Waals surface area contributed by atoms with E-state index in [9.17, 15) is 4.79 Å². The van der Waals surface area contributed by atoms with Gasteiger partial charge in [-0.05, 0) is 0 Å². The molecule has 0 aromatic rings. The molecule has 1 nitrogen and oxygen atoms in total. The summed E-state index contributed by atoms with van der Waals surface area (Å²) in [5, 5.41) is 0.727. The van der Waals surface area contributed by atoms with E-state index in [2.05, 4.69) is 0 Å². The lowest BCUT2D eigenvalue weighted by Crippen LogP contribution is -2.04. The molecule has 0 fully saturated rings. The monoisotopic (exact) mass is 146 g/mol. The number of carbonyl (C=O) groups is 1. The molecule has 0 amide bonds. The van der Waals surface area contributed by atoms with Crippen molar-refractivity contribution >= 4 is 16.9 Å². The number of carbonyl (C=O) groups excluding carboxylic acids is 1. The van der Waals surface area contributed by atoms with Crippen LogP contribution in [-0.2, 0) is 4.79 Å². The summed E-state index contributed by atoms with van der Waals surface area (Å²) in [4.78, 5) is 10.9. The zero-order chi connectivity index (χ0) is 7.44. The van der Waals surface area contributed by atoms with Gasteiger partial charge >= 0.3 is 0 Å². The average molecular weight is 146 g/mol. The van der Waals surface area contributed by atoms with Crippen molar-refractivity contribution < 1.29 is 4.79 Å². The molecule has 0 N–H and O–H groups in total. The average Bonchev–Trinajstić information content (AvgIpc) is 1.63. The molecule has 54 valence electrons. The van der Waals surface area contributed by atoms with Crippen LogP contribution < -0.4 is 0 Å². The van der Waals surface area contributed by atoms with Crippen LogP contribution in [-0.4, -0.2) is 10.4 Å². The molecule has 0 rings (SSSR count). The molecule has 0 aromatic heterocycles. The predicted octanol–water partition coefficient (Wildman–Crippen LogP) is 2.31. The van der Waals surface area contributed by atoms with Gasteiger partial charge in [-0.15, -0.1) is 0 Å². The van der Waals surface area contributed by atoms with Crippen molar-refractivity contribution in [3.8, 4) is 0 Å². The first-order valence-corrected chi connectivity index (χ1v) is 4.12. The van der Waals surface area contributed by atoms with Crippen molar-refractivity contribution in [1.29, 1.82) is 0 Å². The molecular formula is C7H14OS. The summed E-state index contributed by atoms with van der Waals surface area (Å²) >= 11 is 1.42. The van der Waals surface area contributed by atoms with Gasteiger partial charge in [0.2, 0.25) is 0 Å². The van der Waals surface area contributed by atoms with Crippen LogP contribution in [0.4, 0.5) is 0 Å². The molecule has 0 bridgehead atoms. The van der Waals surface area contributed by atoms with E-state index in [-0.39, 0.29) is 5.92 Å². The van der Waals surface area contributed by atoms with Crippen molar-refractivity contribution in [3.63, 3.8) is 0 Å². The van der Waals surface area contributed by atoms with E-state index >= 15 is 0 Å². The highest BCUT2D eigenvalue weighted by Gasteiger charge is 2.08. The van der Waals surface area contributed by atoms with Crippen molar-refractivity contribution in [2.24, 2.45) is 5.92 Å². The second-order valence-electron chi connectivity index (χ2n) is 2.64. The minimum atomic E-state index is 0.178. The summed E-state index contributed by atoms with van der Waals surface area (Å²) in [6.07, 6.45) is 0. The summed E-state index contributed by atoms with van der Waals surface area (Å²) in [5.74, 6) is 0.178. The molecule has 0 spiro atoms. The number of hydrogen-bond donors (Lipinski definition) is 0. The Morgan fingerprint density at radius 1 is 1.22 bits per heavy atom. The third-order valence-electron chi connectivity index (χ3n) is 0.823. The highest BCUT2D eigenvalue weighted by atomic mass is 32.2. The Bertz CT molecular complexity index is 97.1. The maximum atomic E-state index is 10.9. The molecule has 0 aliphatic heterocycles. The molecule has 0 heterocycles. The van der Waals surface area contributed by atoms with Crippen molar-refractivity contribution in [1.82, 2.24) is 0 Å². The van der Waals surface area contributed by atoms with E-state index in [0.717, 1.165) is 0 Å². The largest absolute Gasteiger partial charge is 0.287 e. The molecular weight excluding hydrogens is 132 g/mol. The minimum absolute atomic E-state index is 0.178. The number of thioether (sulfide) groups is 1. The van der Waals surface area contributed by atoms with E-state index in [0.29, 0.717) is 10.4 Å². The van der Waals surface area contributed by atoms with Gasteiger partial charge in [0.15, 0.2) is 5.12 Å². The van der Waals surface area contributed by atoms with Gasteiger partial charge in [0, 0.05) is 11.2 Å². The van der Waals surface area contributed by atoms with Gasteiger partial charge < -0.3 is 0 Å². The highest BCUT2D eigenvalue weighted by Crippen LogP contribution is 2.15. The van der Waals surface area contributed by atoms with Gasteiger partial charge in [-0.25, -0.2) is 0 Å². The lowest BCUT2D eigenvalue weighted by Gasteiger charge is -2.04. The molecule has 0 atom stereocenters.